The van der Waals surface area contributed by atoms with Crippen molar-refractivity contribution in [1.29, 1.82) is 0 Å². The lowest BCUT2D eigenvalue weighted by molar-refractivity contribution is 0.0953. The van der Waals surface area contributed by atoms with E-state index < -0.39 is 9.84 Å². The van der Waals surface area contributed by atoms with E-state index in [2.05, 4.69) is 5.32 Å². The summed E-state index contributed by atoms with van der Waals surface area (Å²) in [6.07, 6.45) is 1.68. The Kier molecular flexibility index (Phi) is 8.61. The van der Waals surface area contributed by atoms with Gasteiger partial charge in [-0.05, 0) is 49.2 Å². The molecule has 136 valence electrons. The Morgan fingerprint density at radius 2 is 1.72 bits per heavy atom. The molecule has 25 heavy (non-hydrogen) atoms. The van der Waals surface area contributed by atoms with Crippen LogP contribution in [0.4, 0.5) is 0 Å². The first kappa shape index (κ1) is 21.2. The molecule has 0 heterocycles. The number of carbonyl (C=O) groups is 1. The molecule has 0 spiro atoms. The van der Waals surface area contributed by atoms with E-state index in [1.165, 1.54) is 0 Å². The second-order valence-corrected chi connectivity index (χ2v) is 7.51. The molecule has 0 radical (unpaired) electrons. The van der Waals surface area contributed by atoms with Gasteiger partial charge < -0.3 is 11.1 Å². The zero-order chi connectivity index (χ0) is 17.4. The highest BCUT2D eigenvalue weighted by atomic mass is 35.5. The van der Waals surface area contributed by atoms with Gasteiger partial charge in [0.1, 0.15) is 0 Å². The van der Waals surface area contributed by atoms with Crippen LogP contribution in [0.5, 0.6) is 0 Å². The van der Waals surface area contributed by atoms with Gasteiger partial charge in [0, 0.05) is 12.1 Å². The van der Waals surface area contributed by atoms with Gasteiger partial charge in [-0.3, -0.25) is 4.79 Å². The highest BCUT2D eigenvalue weighted by Gasteiger charge is 2.15. The number of carbonyl (C=O) groups excluding carboxylic acids is 1. The summed E-state index contributed by atoms with van der Waals surface area (Å²) in [6.45, 7) is 1.16. The first-order chi connectivity index (χ1) is 11.5. The Bertz CT molecular complexity index is 780. The number of rotatable bonds is 8. The smallest absolute Gasteiger partial charge is 0.251 e. The van der Waals surface area contributed by atoms with Crippen molar-refractivity contribution in [3.63, 3.8) is 0 Å². The van der Waals surface area contributed by atoms with Crippen molar-refractivity contribution in [3.05, 3.63) is 65.7 Å². The summed E-state index contributed by atoms with van der Waals surface area (Å²) in [5.41, 5.74) is 6.47. The number of hydrogen-bond acceptors (Lipinski definition) is 4. The number of amides is 1. The topological polar surface area (TPSA) is 89.3 Å². The Balaban J connectivity index is 0.00000312. The van der Waals surface area contributed by atoms with Crippen LogP contribution in [0, 0.1) is 0 Å². The van der Waals surface area contributed by atoms with E-state index in [4.69, 9.17) is 5.73 Å². The molecule has 0 aliphatic carbocycles. The van der Waals surface area contributed by atoms with Crippen LogP contribution in [0.15, 0.2) is 59.5 Å². The minimum Gasteiger partial charge on any atom is -0.352 e. The lowest BCUT2D eigenvalue weighted by Crippen LogP contribution is -2.25. The molecule has 5 nitrogen and oxygen atoms in total. The fourth-order valence-corrected chi connectivity index (χ4v) is 3.66. The molecule has 1 amide bonds. The van der Waals surface area contributed by atoms with Crippen molar-refractivity contribution in [1.82, 2.24) is 5.32 Å². The van der Waals surface area contributed by atoms with Crippen LogP contribution in [0.2, 0.25) is 0 Å². The van der Waals surface area contributed by atoms with Crippen LogP contribution in [-0.2, 0) is 15.6 Å². The average molecular weight is 383 g/mol. The SMILES string of the molecule is Cl.NCCCCNC(=O)c1cccc(CS(=O)(=O)c2ccccc2)c1. The lowest BCUT2D eigenvalue weighted by Gasteiger charge is -2.08. The molecule has 0 saturated heterocycles. The number of hydrogen-bond donors (Lipinski definition) is 2. The minimum absolute atomic E-state index is 0. The Morgan fingerprint density at radius 1 is 1.00 bits per heavy atom. The number of nitrogens with one attached hydrogen (secondary N) is 1. The maximum atomic E-state index is 12.4. The molecule has 2 aromatic rings. The number of benzene rings is 2. The minimum atomic E-state index is -3.43. The molecule has 0 saturated carbocycles. The van der Waals surface area contributed by atoms with Crippen LogP contribution in [0.25, 0.3) is 0 Å². The van der Waals surface area contributed by atoms with Crippen molar-refractivity contribution >= 4 is 28.2 Å². The van der Waals surface area contributed by atoms with Crippen LogP contribution in [-0.4, -0.2) is 27.4 Å². The predicted molar refractivity (Wildman–Crippen MR) is 102 cm³/mol. The largest absolute Gasteiger partial charge is 0.352 e. The van der Waals surface area contributed by atoms with Crippen LogP contribution in [0.1, 0.15) is 28.8 Å². The lowest BCUT2D eigenvalue weighted by atomic mass is 10.1. The Morgan fingerprint density at radius 3 is 2.40 bits per heavy atom. The van der Waals surface area contributed by atoms with Gasteiger partial charge in [-0.2, -0.15) is 0 Å². The summed E-state index contributed by atoms with van der Waals surface area (Å²) >= 11 is 0. The molecule has 0 aliphatic heterocycles. The van der Waals surface area contributed by atoms with Gasteiger partial charge in [0.05, 0.1) is 10.6 Å². The average Bonchev–Trinajstić information content (AvgIpc) is 2.59. The molecular formula is C18H23ClN2O3S. The van der Waals surface area contributed by atoms with Crippen LogP contribution in [0.3, 0.4) is 0 Å². The first-order valence-electron chi connectivity index (χ1n) is 7.88. The van der Waals surface area contributed by atoms with E-state index in [0.717, 1.165) is 12.8 Å². The van der Waals surface area contributed by atoms with Crippen molar-refractivity contribution in [2.45, 2.75) is 23.5 Å². The second-order valence-electron chi connectivity index (χ2n) is 5.52. The first-order valence-corrected chi connectivity index (χ1v) is 9.53. The third kappa shape index (κ3) is 6.49. The molecule has 0 bridgehead atoms. The summed E-state index contributed by atoms with van der Waals surface area (Å²) in [4.78, 5) is 12.4. The maximum Gasteiger partial charge on any atom is 0.251 e. The van der Waals surface area contributed by atoms with Gasteiger partial charge in [-0.1, -0.05) is 30.3 Å². The third-order valence-electron chi connectivity index (χ3n) is 3.56. The van der Waals surface area contributed by atoms with E-state index in [9.17, 15) is 13.2 Å². The third-order valence-corrected chi connectivity index (χ3v) is 5.27. The van der Waals surface area contributed by atoms with Crippen molar-refractivity contribution in [2.75, 3.05) is 13.1 Å². The number of unbranched alkanes of at least 4 members (excludes halogenated alkanes) is 1. The number of nitrogens with two attached hydrogens (primary N) is 1. The Hall–Kier alpha value is -1.89. The summed E-state index contributed by atoms with van der Waals surface area (Å²) in [5, 5.41) is 2.81. The quantitative estimate of drug-likeness (QED) is 0.686. The zero-order valence-corrected chi connectivity index (χ0v) is 15.5. The van der Waals surface area contributed by atoms with Crippen molar-refractivity contribution in [3.8, 4) is 0 Å². The van der Waals surface area contributed by atoms with E-state index in [1.54, 1.807) is 54.6 Å². The number of sulfone groups is 1. The molecule has 2 rings (SSSR count). The van der Waals surface area contributed by atoms with Crippen molar-refractivity contribution in [2.24, 2.45) is 5.73 Å². The van der Waals surface area contributed by atoms with E-state index in [-0.39, 0.29) is 29.0 Å². The van der Waals surface area contributed by atoms with Crippen LogP contribution >= 0.6 is 12.4 Å². The van der Waals surface area contributed by atoms with Gasteiger partial charge in [0.15, 0.2) is 9.84 Å². The second kappa shape index (κ2) is 10.2. The van der Waals surface area contributed by atoms with E-state index >= 15 is 0 Å². The zero-order valence-electron chi connectivity index (χ0n) is 13.9. The van der Waals surface area contributed by atoms with Gasteiger partial charge in [0.25, 0.3) is 5.91 Å². The molecule has 2 aromatic carbocycles. The molecule has 0 aliphatic rings. The molecular weight excluding hydrogens is 360 g/mol. The van der Waals surface area contributed by atoms with Crippen molar-refractivity contribution < 1.29 is 13.2 Å². The molecule has 0 aromatic heterocycles. The molecule has 0 unspecified atom stereocenters. The normalized spacial score (nSPS) is 10.8. The highest BCUT2D eigenvalue weighted by molar-refractivity contribution is 7.90. The summed E-state index contributed by atoms with van der Waals surface area (Å²) in [5.74, 6) is -0.336. The fourth-order valence-electron chi connectivity index (χ4n) is 2.31. The molecule has 0 fully saturated rings. The standard InChI is InChI=1S/C18H22N2O3S.ClH/c19-11-4-5-12-20-18(21)16-8-6-7-15(13-16)14-24(22,23)17-9-2-1-3-10-17;/h1-3,6-10,13H,4-5,11-12,14,19H2,(H,20,21);1H. The maximum absolute atomic E-state index is 12.4. The summed E-state index contributed by atoms with van der Waals surface area (Å²) < 4.78 is 24.8. The molecule has 3 N–H and O–H groups in total. The van der Waals surface area contributed by atoms with Gasteiger partial charge in [-0.15, -0.1) is 12.4 Å². The monoisotopic (exact) mass is 382 g/mol. The van der Waals surface area contributed by atoms with Crippen LogP contribution < -0.4 is 11.1 Å². The van der Waals surface area contributed by atoms with Gasteiger partial charge in [0.2, 0.25) is 0 Å². The summed E-state index contributed by atoms with van der Waals surface area (Å²) in [6, 6.07) is 15.0. The van der Waals surface area contributed by atoms with E-state index in [1.807, 2.05) is 0 Å². The highest BCUT2D eigenvalue weighted by Crippen LogP contribution is 2.17. The summed E-state index contributed by atoms with van der Waals surface area (Å²) in [7, 11) is -3.43. The van der Waals surface area contributed by atoms with Gasteiger partial charge in [-0.25, -0.2) is 8.42 Å². The van der Waals surface area contributed by atoms with E-state index in [0.29, 0.717) is 24.2 Å². The molecule has 7 heteroatoms. The predicted octanol–water partition coefficient (Wildman–Crippen LogP) is 2.55. The van der Waals surface area contributed by atoms with Gasteiger partial charge >= 0.3 is 0 Å². The molecule has 0 atom stereocenters. The number of halogens is 1. The Labute approximate surface area is 155 Å². The fraction of sp³-hybridized carbons (Fsp3) is 0.278.